The Balaban J connectivity index is 0.00000450. The lowest BCUT2D eigenvalue weighted by Crippen LogP contribution is -2.46. The maximum atomic E-state index is 12.0. The topological polar surface area (TPSA) is 87.0 Å². The van der Waals surface area contributed by atoms with Gasteiger partial charge in [-0.05, 0) is 12.8 Å². The summed E-state index contributed by atoms with van der Waals surface area (Å²) in [6.07, 6.45) is 1.80. The molecule has 172 valence electrons. The number of likely N-dealkylation sites (N-methyl/N-ethyl adjacent to an activating group) is 1. The van der Waals surface area contributed by atoms with Crippen molar-refractivity contribution in [3.63, 3.8) is 0 Å². The highest BCUT2D eigenvalue weighted by Crippen LogP contribution is 2.16. The molecular formula is C20H38IN7O2. The first-order valence-corrected chi connectivity index (χ1v) is 10.5. The number of aryl methyl sites for hydroxylation is 2. The fourth-order valence-electron chi connectivity index (χ4n) is 3.38. The summed E-state index contributed by atoms with van der Waals surface area (Å²) in [5, 5.41) is 11.2. The van der Waals surface area contributed by atoms with Gasteiger partial charge >= 0.3 is 0 Å². The normalized spacial score (nSPS) is 14.9. The molecule has 1 aromatic heterocycles. The number of morpholine rings is 1. The van der Waals surface area contributed by atoms with Gasteiger partial charge in [0.2, 0.25) is 5.91 Å². The number of hydrogen-bond acceptors (Lipinski definition) is 5. The number of nitrogens with one attached hydrogen (secondary N) is 2. The molecule has 9 nitrogen and oxygen atoms in total. The molecule has 0 atom stereocenters. The number of guanidine groups is 1. The predicted octanol–water partition coefficient (Wildman–Crippen LogP) is 0.619. The molecule has 1 fully saturated rings. The van der Waals surface area contributed by atoms with E-state index in [1.165, 1.54) is 11.3 Å². The molecule has 1 amide bonds. The van der Waals surface area contributed by atoms with E-state index in [1.807, 2.05) is 11.7 Å². The number of rotatable bonds is 9. The third kappa shape index (κ3) is 8.03. The first kappa shape index (κ1) is 26.6. The van der Waals surface area contributed by atoms with Gasteiger partial charge in [0.05, 0.1) is 32.0 Å². The molecule has 1 aliphatic heterocycles. The van der Waals surface area contributed by atoms with Crippen LogP contribution in [-0.2, 0) is 36.0 Å². The van der Waals surface area contributed by atoms with E-state index in [2.05, 4.69) is 34.5 Å². The predicted molar refractivity (Wildman–Crippen MR) is 130 cm³/mol. The second-order valence-electron chi connectivity index (χ2n) is 7.39. The monoisotopic (exact) mass is 535 g/mol. The molecule has 0 radical (unpaired) electrons. The quantitative estimate of drug-likeness (QED) is 0.274. The van der Waals surface area contributed by atoms with E-state index >= 15 is 0 Å². The third-order valence-corrected chi connectivity index (χ3v) is 5.15. The molecule has 2 heterocycles. The van der Waals surface area contributed by atoms with Crippen LogP contribution in [0, 0.1) is 0 Å². The number of nitrogens with zero attached hydrogens (tertiary/aromatic N) is 5. The minimum absolute atomic E-state index is 0. The van der Waals surface area contributed by atoms with Gasteiger partial charge in [-0.15, -0.1) is 24.0 Å². The fourth-order valence-corrected chi connectivity index (χ4v) is 3.38. The fraction of sp³-hybridized carbons (Fsp3) is 0.750. The van der Waals surface area contributed by atoms with Gasteiger partial charge in [-0.3, -0.25) is 14.4 Å². The zero-order valence-electron chi connectivity index (χ0n) is 19.0. The van der Waals surface area contributed by atoms with Gasteiger partial charge in [0.25, 0.3) is 0 Å². The number of hydrogen-bond donors (Lipinski definition) is 2. The number of aliphatic imine (C=N–C) groups is 1. The van der Waals surface area contributed by atoms with Crippen LogP contribution in [0.5, 0.6) is 0 Å². The summed E-state index contributed by atoms with van der Waals surface area (Å²) < 4.78 is 7.36. The Bertz CT molecular complexity index is 685. The minimum Gasteiger partial charge on any atom is -0.379 e. The van der Waals surface area contributed by atoms with E-state index in [9.17, 15) is 4.79 Å². The van der Waals surface area contributed by atoms with Gasteiger partial charge in [0.1, 0.15) is 0 Å². The van der Waals surface area contributed by atoms with E-state index in [4.69, 9.17) is 9.73 Å². The zero-order chi connectivity index (χ0) is 21.2. The molecule has 10 heteroatoms. The number of aromatic nitrogens is 2. The number of ether oxygens (including phenoxy) is 1. The van der Waals surface area contributed by atoms with Crippen molar-refractivity contribution in [2.24, 2.45) is 12.0 Å². The molecule has 1 saturated heterocycles. The smallest absolute Gasteiger partial charge is 0.241 e. The van der Waals surface area contributed by atoms with Crippen molar-refractivity contribution in [3.8, 4) is 0 Å². The first-order valence-electron chi connectivity index (χ1n) is 10.5. The van der Waals surface area contributed by atoms with Crippen LogP contribution >= 0.6 is 24.0 Å². The average molecular weight is 535 g/mol. The second-order valence-corrected chi connectivity index (χ2v) is 7.39. The Kier molecular flexibility index (Phi) is 12.3. The van der Waals surface area contributed by atoms with Crippen LogP contribution in [0.15, 0.2) is 4.99 Å². The number of carbonyl (C=O) groups is 1. The molecule has 0 aliphatic carbocycles. The van der Waals surface area contributed by atoms with Gasteiger partial charge in [-0.1, -0.05) is 13.8 Å². The van der Waals surface area contributed by atoms with Gasteiger partial charge in [-0.25, -0.2) is 4.99 Å². The van der Waals surface area contributed by atoms with E-state index < -0.39 is 0 Å². The van der Waals surface area contributed by atoms with Gasteiger partial charge in [0, 0.05) is 58.6 Å². The van der Waals surface area contributed by atoms with Crippen molar-refractivity contribution in [1.82, 2.24) is 30.2 Å². The molecule has 2 rings (SSSR count). The van der Waals surface area contributed by atoms with Crippen molar-refractivity contribution in [2.75, 3.05) is 60.0 Å². The second kappa shape index (κ2) is 13.8. The van der Waals surface area contributed by atoms with Crippen LogP contribution in [0.1, 0.15) is 30.8 Å². The summed E-state index contributed by atoms with van der Waals surface area (Å²) in [7, 11) is 5.49. The molecule has 2 N–H and O–H groups in total. The molecular weight excluding hydrogens is 497 g/mol. The van der Waals surface area contributed by atoms with E-state index in [1.54, 1.807) is 19.0 Å². The summed E-state index contributed by atoms with van der Waals surface area (Å²) in [4.78, 5) is 20.7. The van der Waals surface area contributed by atoms with Crippen LogP contribution in [-0.4, -0.2) is 91.5 Å². The zero-order valence-corrected chi connectivity index (χ0v) is 21.4. The molecule has 0 saturated carbocycles. The SMILES string of the molecule is CCc1nn(C)c(CC)c1CN=C(NCCN1CCOCC1)NCC(=O)N(C)C.I. The van der Waals surface area contributed by atoms with Crippen LogP contribution in [0.25, 0.3) is 0 Å². The standard InChI is InChI=1S/C20H37N7O2.HI/c1-6-17-16(18(7-2)26(5)24-17)14-22-20(23-15-19(28)25(3)4)21-8-9-27-10-12-29-13-11-27;/h6-15H2,1-5H3,(H2,21,22,23);1H. The number of carbonyl (C=O) groups excluding carboxylic acids is 1. The Morgan fingerprint density at radius 1 is 1.20 bits per heavy atom. The van der Waals surface area contributed by atoms with Crippen LogP contribution in [0.3, 0.4) is 0 Å². The van der Waals surface area contributed by atoms with E-state index in [0.717, 1.165) is 57.9 Å². The Morgan fingerprint density at radius 2 is 1.90 bits per heavy atom. The van der Waals surface area contributed by atoms with Crippen molar-refractivity contribution in [3.05, 3.63) is 17.0 Å². The highest BCUT2D eigenvalue weighted by atomic mass is 127. The minimum atomic E-state index is 0. The first-order chi connectivity index (χ1) is 14.0. The molecule has 0 aromatic carbocycles. The Hall–Kier alpha value is -1.40. The third-order valence-electron chi connectivity index (χ3n) is 5.15. The molecule has 30 heavy (non-hydrogen) atoms. The summed E-state index contributed by atoms with van der Waals surface area (Å²) in [6, 6.07) is 0. The molecule has 0 bridgehead atoms. The molecule has 1 aromatic rings. The van der Waals surface area contributed by atoms with Crippen molar-refractivity contribution < 1.29 is 9.53 Å². The van der Waals surface area contributed by atoms with Crippen LogP contribution in [0.4, 0.5) is 0 Å². The number of amides is 1. The summed E-state index contributed by atoms with van der Waals surface area (Å²) in [5.74, 6) is 0.666. The Labute approximate surface area is 197 Å². The van der Waals surface area contributed by atoms with Crippen molar-refractivity contribution >= 4 is 35.8 Å². The van der Waals surface area contributed by atoms with Gasteiger partial charge in [0.15, 0.2) is 5.96 Å². The lowest BCUT2D eigenvalue weighted by Gasteiger charge is -2.26. The average Bonchev–Trinajstić information content (AvgIpc) is 3.04. The summed E-state index contributed by atoms with van der Waals surface area (Å²) in [6.45, 7) is 10.2. The highest BCUT2D eigenvalue weighted by Gasteiger charge is 2.14. The number of halogens is 1. The van der Waals surface area contributed by atoms with Crippen LogP contribution < -0.4 is 10.6 Å². The van der Waals surface area contributed by atoms with Crippen molar-refractivity contribution in [1.29, 1.82) is 0 Å². The Morgan fingerprint density at radius 3 is 2.50 bits per heavy atom. The summed E-state index contributed by atoms with van der Waals surface area (Å²) >= 11 is 0. The summed E-state index contributed by atoms with van der Waals surface area (Å²) in [5.41, 5.74) is 3.48. The molecule has 0 spiro atoms. The van der Waals surface area contributed by atoms with Crippen LogP contribution in [0.2, 0.25) is 0 Å². The lowest BCUT2D eigenvalue weighted by molar-refractivity contribution is -0.127. The molecule has 0 unspecified atom stereocenters. The maximum absolute atomic E-state index is 12.0. The van der Waals surface area contributed by atoms with Gasteiger partial charge in [-0.2, -0.15) is 5.10 Å². The van der Waals surface area contributed by atoms with E-state index in [0.29, 0.717) is 12.5 Å². The van der Waals surface area contributed by atoms with Gasteiger partial charge < -0.3 is 20.3 Å². The van der Waals surface area contributed by atoms with E-state index in [-0.39, 0.29) is 36.4 Å². The lowest BCUT2D eigenvalue weighted by atomic mass is 10.1. The molecule has 1 aliphatic rings. The highest BCUT2D eigenvalue weighted by molar-refractivity contribution is 14.0. The van der Waals surface area contributed by atoms with Crippen molar-refractivity contribution in [2.45, 2.75) is 33.2 Å². The maximum Gasteiger partial charge on any atom is 0.241 e. The largest absolute Gasteiger partial charge is 0.379 e.